The molecular formula is C21H23N4O2+. The van der Waals surface area contributed by atoms with Gasteiger partial charge in [-0.05, 0) is 11.6 Å². The van der Waals surface area contributed by atoms with E-state index in [4.69, 9.17) is 0 Å². The maximum absolute atomic E-state index is 12.5. The predicted molar refractivity (Wildman–Crippen MR) is 104 cm³/mol. The van der Waals surface area contributed by atoms with Gasteiger partial charge < -0.3 is 10.2 Å². The summed E-state index contributed by atoms with van der Waals surface area (Å²) in [6.45, 7) is 4.01. The molecule has 2 aromatic carbocycles. The average molecular weight is 363 g/mol. The summed E-state index contributed by atoms with van der Waals surface area (Å²) >= 11 is 0. The van der Waals surface area contributed by atoms with E-state index in [0.717, 1.165) is 12.1 Å². The molecule has 2 heterocycles. The van der Waals surface area contributed by atoms with Crippen LogP contribution in [0.25, 0.3) is 10.8 Å². The summed E-state index contributed by atoms with van der Waals surface area (Å²) in [4.78, 5) is 26.0. The van der Waals surface area contributed by atoms with E-state index >= 15 is 0 Å². The van der Waals surface area contributed by atoms with Gasteiger partial charge in [-0.3, -0.25) is 9.59 Å². The average Bonchev–Trinajstić information content (AvgIpc) is 3.21. The highest BCUT2D eigenvalue weighted by Crippen LogP contribution is 2.12. The number of carbonyl (C=O) groups excluding carboxylic acids is 1. The fourth-order valence-corrected chi connectivity index (χ4v) is 3.67. The van der Waals surface area contributed by atoms with Crippen molar-refractivity contribution in [3.63, 3.8) is 0 Å². The summed E-state index contributed by atoms with van der Waals surface area (Å²) in [5.41, 5.74) is 2.31. The number of H-pyrrole nitrogens is 1. The second-order valence-electron chi connectivity index (χ2n) is 7.08. The van der Waals surface area contributed by atoms with Crippen LogP contribution in [0.4, 0.5) is 0 Å². The fraction of sp³-hybridized carbons (Fsp3) is 0.286. The van der Waals surface area contributed by atoms with E-state index in [1.165, 1.54) is 31.5 Å². The van der Waals surface area contributed by atoms with Crippen LogP contribution in [0.15, 0.2) is 53.3 Å². The number of nitrogens with one attached hydrogen (secondary N) is 3. The number of fused-ring (bicyclic) bond motifs is 1. The number of rotatable bonds is 5. The van der Waals surface area contributed by atoms with Crippen LogP contribution in [-0.2, 0) is 13.1 Å². The molecule has 3 aromatic rings. The highest BCUT2D eigenvalue weighted by atomic mass is 16.2. The van der Waals surface area contributed by atoms with Crippen LogP contribution in [0.2, 0.25) is 0 Å². The topological polar surface area (TPSA) is 79.3 Å². The van der Waals surface area contributed by atoms with E-state index in [1.54, 1.807) is 29.2 Å². The van der Waals surface area contributed by atoms with Crippen LogP contribution in [0, 0.1) is 0 Å². The molecule has 0 atom stereocenters. The van der Waals surface area contributed by atoms with E-state index in [9.17, 15) is 9.59 Å². The number of amides is 1. The molecule has 0 radical (unpaired) electrons. The maximum Gasteiger partial charge on any atom is 0.272 e. The fourth-order valence-electron chi connectivity index (χ4n) is 3.67. The normalized spacial score (nSPS) is 14.5. The molecular weight excluding hydrogens is 340 g/mol. The van der Waals surface area contributed by atoms with Crippen LogP contribution in [0.3, 0.4) is 0 Å². The highest BCUT2D eigenvalue weighted by molar-refractivity contribution is 6.04. The SMILES string of the molecule is O=C(NCc1ccc(C[NH+]2CCCC2)cc1)c1n[nH]c(=O)c2ccccc12. The van der Waals surface area contributed by atoms with E-state index < -0.39 is 0 Å². The Morgan fingerprint density at radius 2 is 1.67 bits per heavy atom. The molecule has 0 bridgehead atoms. The predicted octanol–water partition coefficient (Wildman–Crippen LogP) is 1.03. The molecule has 6 heteroatoms. The van der Waals surface area contributed by atoms with Gasteiger partial charge in [0.05, 0.1) is 18.5 Å². The van der Waals surface area contributed by atoms with Gasteiger partial charge in [0, 0.05) is 30.3 Å². The van der Waals surface area contributed by atoms with E-state index in [2.05, 4.69) is 39.8 Å². The third-order valence-corrected chi connectivity index (χ3v) is 5.15. The molecule has 27 heavy (non-hydrogen) atoms. The summed E-state index contributed by atoms with van der Waals surface area (Å²) in [5, 5.41) is 10.2. The zero-order valence-corrected chi connectivity index (χ0v) is 15.1. The van der Waals surface area contributed by atoms with Gasteiger partial charge in [-0.25, -0.2) is 5.10 Å². The number of likely N-dealkylation sites (tertiary alicyclic amines) is 1. The second-order valence-corrected chi connectivity index (χ2v) is 7.08. The summed E-state index contributed by atoms with van der Waals surface area (Å²) in [5.74, 6) is -0.298. The molecule has 1 saturated heterocycles. The first-order chi connectivity index (χ1) is 13.2. The molecule has 6 nitrogen and oxygen atoms in total. The molecule has 0 aliphatic carbocycles. The Bertz CT molecular complexity index is 1000. The molecule has 1 fully saturated rings. The van der Waals surface area contributed by atoms with E-state index in [0.29, 0.717) is 17.3 Å². The van der Waals surface area contributed by atoms with Crippen molar-refractivity contribution >= 4 is 16.7 Å². The van der Waals surface area contributed by atoms with Crippen LogP contribution in [0.5, 0.6) is 0 Å². The third-order valence-electron chi connectivity index (χ3n) is 5.15. The van der Waals surface area contributed by atoms with Crippen molar-refractivity contribution in [1.82, 2.24) is 15.5 Å². The highest BCUT2D eigenvalue weighted by Gasteiger charge is 2.16. The molecule has 1 aromatic heterocycles. The lowest BCUT2D eigenvalue weighted by molar-refractivity contribution is -0.901. The molecule has 0 unspecified atom stereocenters. The minimum atomic E-state index is -0.298. The quantitative estimate of drug-likeness (QED) is 0.634. The number of hydrogen-bond donors (Lipinski definition) is 3. The van der Waals surface area contributed by atoms with Crippen molar-refractivity contribution in [3.8, 4) is 0 Å². The lowest BCUT2D eigenvalue weighted by Gasteiger charge is -2.12. The first kappa shape index (κ1) is 17.4. The molecule has 138 valence electrons. The van der Waals surface area contributed by atoms with Crippen LogP contribution in [0.1, 0.15) is 34.5 Å². The maximum atomic E-state index is 12.5. The summed E-state index contributed by atoms with van der Waals surface area (Å²) in [6, 6.07) is 15.4. The summed E-state index contributed by atoms with van der Waals surface area (Å²) in [6.07, 6.45) is 2.65. The number of quaternary nitrogens is 1. The summed E-state index contributed by atoms with van der Waals surface area (Å²) < 4.78 is 0. The van der Waals surface area contributed by atoms with Gasteiger partial charge in [0.15, 0.2) is 5.69 Å². The van der Waals surface area contributed by atoms with Crippen LogP contribution >= 0.6 is 0 Å². The Labute approximate surface area is 157 Å². The van der Waals surface area contributed by atoms with Crippen molar-refractivity contribution < 1.29 is 9.69 Å². The van der Waals surface area contributed by atoms with Gasteiger partial charge in [-0.15, -0.1) is 0 Å². The first-order valence-corrected chi connectivity index (χ1v) is 9.38. The van der Waals surface area contributed by atoms with Crippen LogP contribution < -0.4 is 15.8 Å². The number of benzene rings is 2. The van der Waals surface area contributed by atoms with Gasteiger partial charge in [0.1, 0.15) is 6.54 Å². The van der Waals surface area contributed by atoms with E-state index in [-0.39, 0.29) is 17.2 Å². The zero-order valence-electron chi connectivity index (χ0n) is 15.1. The van der Waals surface area contributed by atoms with Crippen molar-refractivity contribution in [2.45, 2.75) is 25.9 Å². The molecule has 0 spiro atoms. The second kappa shape index (κ2) is 7.72. The molecule has 3 N–H and O–H groups in total. The number of carbonyl (C=O) groups is 1. The largest absolute Gasteiger partial charge is 0.347 e. The van der Waals surface area contributed by atoms with E-state index in [1.807, 2.05) is 0 Å². The number of hydrogen-bond acceptors (Lipinski definition) is 3. The Hall–Kier alpha value is -2.99. The number of nitrogens with zero attached hydrogens (tertiary/aromatic N) is 1. The molecule has 1 aliphatic heterocycles. The van der Waals surface area contributed by atoms with Crippen molar-refractivity contribution in [2.24, 2.45) is 0 Å². The Balaban J connectivity index is 1.42. The van der Waals surface area contributed by atoms with Gasteiger partial charge in [0.2, 0.25) is 0 Å². The van der Waals surface area contributed by atoms with Crippen molar-refractivity contribution in [3.05, 3.63) is 75.7 Å². The Kier molecular flexibility index (Phi) is 4.98. The zero-order chi connectivity index (χ0) is 18.6. The lowest BCUT2D eigenvalue weighted by Crippen LogP contribution is -3.08. The Morgan fingerprint density at radius 3 is 2.41 bits per heavy atom. The van der Waals surface area contributed by atoms with Gasteiger partial charge in [0.25, 0.3) is 11.5 Å². The Morgan fingerprint density at radius 1 is 1.00 bits per heavy atom. The monoisotopic (exact) mass is 363 g/mol. The molecule has 1 amide bonds. The third kappa shape index (κ3) is 3.90. The molecule has 1 aliphatic rings. The van der Waals surface area contributed by atoms with Gasteiger partial charge in [-0.1, -0.05) is 42.5 Å². The smallest absolute Gasteiger partial charge is 0.272 e. The lowest BCUT2D eigenvalue weighted by atomic mass is 10.1. The van der Waals surface area contributed by atoms with Crippen LogP contribution in [-0.4, -0.2) is 29.2 Å². The minimum absolute atomic E-state index is 0.236. The number of aromatic nitrogens is 2. The molecule has 0 saturated carbocycles. The van der Waals surface area contributed by atoms with Gasteiger partial charge >= 0.3 is 0 Å². The standard InChI is InChI=1S/C21H22N4O2/c26-20-18-6-2-1-5-17(18)19(23-24-20)21(27)22-13-15-7-9-16(10-8-15)14-25-11-3-4-12-25/h1-2,5-10H,3-4,11-14H2,(H,22,27)(H,24,26)/p+1. The first-order valence-electron chi connectivity index (χ1n) is 9.38. The van der Waals surface area contributed by atoms with Gasteiger partial charge in [-0.2, -0.15) is 5.10 Å². The minimum Gasteiger partial charge on any atom is -0.347 e. The summed E-state index contributed by atoms with van der Waals surface area (Å²) in [7, 11) is 0. The van der Waals surface area contributed by atoms with Crippen molar-refractivity contribution in [2.75, 3.05) is 13.1 Å². The van der Waals surface area contributed by atoms with Crippen molar-refractivity contribution in [1.29, 1.82) is 0 Å². The number of aromatic amines is 1. The molecule has 4 rings (SSSR count).